The molecular weight excluding hydrogens is 367 g/mol. The number of ketones is 1. The van der Waals surface area contributed by atoms with Crippen LogP contribution in [0.5, 0.6) is 0 Å². The average Bonchev–Trinajstić information content (AvgIpc) is 3.07. The fourth-order valence-corrected chi connectivity index (χ4v) is 3.86. The number of Topliss-reactive ketones (excluding diaryl/α,β-unsaturated/α-hetero) is 1. The van der Waals surface area contributed by atoms with Crippen molar-refractivity contribution in [3.8, 4) is 6.07 Å². The summed E-state index contributed by atoms with van der Waals surface area (Å²) in [5, 5.41) is 9.79. The molecule has 29 heavy (non-hydrogen) atoms. The van der Waals surface area contributed by atoms with Gasteiger partial charge in [0.15, 0.2) is 0 Å². The average molecular weight is 384 g/mol. The van der Waals surface area contributed by atoms with Gasteiger partial charge in [-0.1, -0.05) is 78.9 Å². The monoisotopic (exact) mass is 384 g/mol. The van der Waals surface area contributed by atoms with Crippen LogP contribution in [0.2, 0.25) is 0 Å². The highest BCUT2D eigenvalue weighted by Crippen LogP contribution is 2.53. The van der Waals surface area contributed by atoms with Crippen LogP contribution in [0, 0.1) is 17.1 Å². The Hall–Kier alpha value is -3.91. The SMILES string of the molecule is N#CC1=C(N)O[C@@](C(=O)c2ccccc2)(c2ccccc2)[C@H]1c1ccccc1F. The van der Waals surface area contributed by atoms with Gasteiger partial charge in [-0.15, -0.1) is 0 Å². The van der Waals surface area contributed by atoms with Crippen molar-refractivity contribution in [3.05, 3.63) is 119 Å². The molecular formula is C24H17FN2O2. The summed E-state index contributed by atoms with van der Waals surface area (Å²) in [6, 6.07) is 25.5. The van der Waals surface area contributed by atoms with Crippen molar-refractivity contribution in [2.75, 3.05) is 0 Å². The van der Waals surface area contributed by atoms with E-state index in [9.17, 15) is 14.4 Å². The number of carbonyl (C=O) groups excluding carboxylic acids is 1. The summed E-state index contributed by atoms with van der Waals surface area (Å²) in [6.07, 6.45) is 0. The minimum absolute atomic E-state index is 0.0308. The van der Waals surface area contributed by atoms with Gasteiger partial charge in [0.05, 0.1) is 5.92 Å². The number of hydrogen-bond acceptors (Lipinski definition) is 4. The normalized spacial score (nSPS) is 20.8. The molecule has 2 atom stereocenters. The number of halogens is 1. The number of nitrogens with zero attached hydrogens (tertiary/aromatic N) is 1. The van der Waals surface area contributed by atoms with Crippen LogP contribution in [0.4, 0.5) is 4.39 Å². The molecule has 0 saturated carbocycles. The zero-order chi connectivity index (χ0) is 20.4. The fraction of sp³-hybridized carbons (Fsp3) is 0.0833. The Morgan fingerprint density at radius 2 is 1.55 bits per heavy atom. The lowest BCUT2D eigenvalue weighted by Crippen LogP contribution is -2.42. The van der Waals surface area contributed by atoms with Crippen molar-refractivity contribution in [2.45, 2.75) is 11.5 Å². The van der Waals surface area contributed by atoms with Gasteiger partial charge in [-0.25, -0.2) is 4.39 Å². The van der Waals surface area contributed by atoms with Gasteiger partial charge in [-0.3, -0.25) is 4.79 Å². The highest BCUT2D eigenvalue weighted by atomic mass is 19.1. The zero-order valence-corrected chi connectivity index (χ0v) is 15.4. The summed E-state index contributed by atoms with van der Waals surface area (Å²) >= 11 is 0. The molecule has 2 N–H and O–H groups in total. The maximum atomic E-state index is 14.9. The van der Waals surface area contributed by atoms with Gasteiger partial charge in [-0.2, -0.15) is 5.26 Å². The van der Waals surface area contributed by atoms with Gasteiger partial charge < -0.3 is 10.5 Å². The van der Waals surface area contributed by atoms with Crippen LogP contribution in [0.1, 0.15) is 27.4 Å². The topological polar surface area (TPSA) is 76.1 Å². The summed E-state index contributed by atoms with van der Waals surface area (Å²) in [7, 11) is 0. The number of nitrogens with two attached hydrogens (primary N) is 1. The molecule has 3 aromatic carbocycles. The van der Waals surface area contributed by atoms with E-state index < -0.39 is 23.1 Å². The zero-order valence-electron chi connectivity index (χ0n) is 15.4. The smallest absolute Gasteiger partial charge is 0.212 e. The first-order valence-electron chi connectivity index (χ1n) is 9.08. The van der Waals surface area contributed by atoms with Gasteiger partial charge in [0.25, 0.3) is 0 Å². The molecule has 0 aromatic heterocycles. The number of ether oxygens (including phenoxy) is 1. The van der Waals surface area contributed by atoms with E-state index in [2.05, 4.69) is 0 Å². The van der Waals surface area contributed by atoms with Gasteiger partial charge in [0.2, 0.25) is 17.3 Å². The third kappa shape index (κ3) is 2.86. The minimum Gasteiger partial charge on any atom is -0.458 e. The number of benzene rings is 3. The molecule has 0 amide bonds. The summed E-state index contributed by atoms with van der Waals surface area (Å²) < 4.78 is 20.9. The lowest BCUT2D eigenvalue weighted by Gasteiger charge is -2.34. The van der Waals surface area contributed by atoms with Crippen molar-refractivity contribution in [1.29, 1.82) is 5.26 Å². The van der Waals surface area contributed by atoms with E-state index in [-0.39, 0.29) is 17.0 Å². The molecule has 0 saturated heterocycles. The van der Waals surface area contributed by atoms with E-state index in [1.54, 1.807) is 78.9 Å². The molecule has 0 fully saturated rings. The second-order valence-corrected chi connectivity index (χ2v) is 6.74. The molecule has 1 heterocycles. The third-order valence-corrected chi connectivity index (χ3v) is 5.14. The predicted octanol–water partition coefficient (Wildman–Crippen LogP) is 4.41. The molecule has 0 bridgehead atoms. The van der Waals surface area contributed by atoms with Crippen LogP contribution in [-0.2, 0) is 10.3 Å². The van der Waals surface area contributed by atoms with Crippen molar-refractivity contribution in [3.63, 3.8) is 0 Å². The molecule has 3 aromatic rings. The molecule has 0 aliphatic carbocycles. The Morgan fingerprint density at radius 1 is 0.966 bits per heavy atom. The molecule has 4 nitrogen and oxygen atoms in total. The summed E-state index contributed by atoms with van der Waals surface area (Å²) in [5.74, 6) is -2.13. The Labute approximate surface area is 167 Å². The predicted molar refractivity (Wildman–Crippen MR) is 106 cm³/mol. The quantitative estimate of drug-likeness (QED) is 0.676. The Balaban J connectivity index is 2.03. The van der Waals surface area contributed by atoms with Crippen molar-refractivity contribution < 1.29 is 13.9 Å². The first-order valence-corrected chi connectivity index (χ1v) is 9.08. The highest BCUT2D eigenvalue weighted by Gasteiger charge is 2.57. The lowest BCUT2D eigenvalue weighted by molar-refractivity contribution is 0.0131. The van der Waals surface area contributed by atoms with Gasteiger partial charge in [-0.05, 0) is 6.07 Å². The van der Waals surface area contributed by atoms with E-state index in [1.807, 2.05) is 6.07 Å². The third-order valence-electron chi connectivity index (χ3n) is 5.14. The molecule has 1 aliphatic heterocycles. The van der Waals surface area contributed by atoms with Crippen LogP contribution in [0.15, 0.2) is 96.4 Å². The van der Waals surface area contributed by atoms with E-state index in [4.69, 9.17) is 10.5 Å². The molecule has 0 unspecified atom stereocenters. The Morgan fingerprint density at radius 3 is 2.17 bits per heavy atom. The van der Waals surface area contributed by atoms with E-state index in [1.165, 1.54) is 6.07 Å². The number of nitriles is 1. The van der Waals surface area contributed by atoms with Crippen molar-refractivity contribution >= 4 is 5.78 Å². The number of hydrogen-bond donors (Lipinski definition) is 1. The fourth-order valence-electron chi connectivity index (χ4n) is 3.86. The first kappa shape index (κ1) is 18.5. The van der Waals surface area contributed by atoms with Crippen LogP contribution in [0.25, 0.3) is 0 Å². The van der Waals surface area contributed by atoms with Crippen LogP contribution >= 0.6 is 0 Å². The van der Waals surface area contributed by atoms with E-state index in [0.717, 1.165) is 0 Å². The maximum absolute atomic E-state index is 14.9. The van der Waals surface area contributed by atoms with Crippen LogP contribution in [0.3, 0.4) is 0 Å². The van der Waals surface area contributed by atoms with E-state index in [0.29, 0.717) is 11.1 Å². The molecule has 0 spiro atoms. The lowest BCUT2D eigenvalue weighted by atomic mass is 9.71. The summed E-state index contributed by atoms with van der Waals surface area (Å²) in [6.45, 7) is 0. The summed E-state index contributed by atoms with van der Waals surface area (Å²) in [5.41, 5.74) is 5.45. The minimum atomic E-state index is -1.69. The second-order valence-electron chi connectivity index (χ2n) is 6.74. The summed E-state index contributed by atoms with van der Waals surface area (Å²) in [4.78, 5) is 13.8. The van der Waals surface area contributed by atoms with Crippen LogP contribution < -0.4 is 5.73 Å². The number of carbonyl (C=O) groups is 1. The maximum Gasteiger partial charge on any atom is 0.212 e. The van der Waals surface area contributed by atoms with Crippen molar-refractivity contribution in [1.82, 2.24) is 0 Å². The first-order chi connectivity index (χ1) is 14.1. The number of rotatable bonds is 4. The Kier molecular flexibility index (Phi) is 4.61. The molecule has 4 rings (SSSR count). The van der Waals surface area contributed by atoms with Gasteiger partial charge in [0, 0.05) is 16.7 Å². The highest BCUT2D eigenvalue weighted by molar-refractivity contribution is 6.04. The molecule has 1 aliphatic rings. The molecule has 5 heteroatoms. The van der Waals surface area contributed by atoms with E-state index >= 15 is 0 Å². The van der Waals surface area contributed by atoms with Crippen LogP contribution in [-0.4, -0.2) is 5.78 Å². The standard InChI is InChI=1S/C24H17FN2O2/c25-20-14-8-7-13-18(20)21-19(15-26)23(27)29-24(21,17-11-5-2-6-12-17)22(28)16-9-3-1-4-10-16/h1-14,21H,27H2/t21-,24-/m0/s1. The largest absolute Gasteiger partial charge is 0.458 e. The van der Waals surface area contributed by atoms with Crippen molar-refractivity contribution in [2.24, 2.45) is 5.73 Å². The van der Waals surface area contributed by atoms with Gasteiger partial charge in [0.1, 0.15) is 17.5 Å². The van der Waals surface area contributed by atoms with Gasteiger partial charge >= 0.3 is 0 Å². The Bertz CT molecular complexity index is 1140. The molecule has 142 valence electrons. The second kappa shape index (κ2) is 7.25. The molecule has 0 radical (unpaired) electrons.